The summed E-state index contributed by atoms with van der Waals surface area (Å²) in [6.07, 6.45) is 0. The van der Waals surface area contributed by atoms with Crippen LogP contribution in [0.3, 0.4) is 0 Å². The molecule has 0 spiro atoms. The zero-order valence-corrected chi connectivity index (χ0v) is 78.4. The van der Waals surface area contributed by atoms with Gasteiger partial charge in [-0.25, -0.2) is 15.0 Å². The minimum Gasteiger partial charge on any atom is -0.437 e. The van der Waals surface area contributed by atoms with Crippen LogP contribution in [0.15, 0.2) is 444 Å². The summed E-state index contributed by atoms with van der Waals surface area (Å²) in [6, 6.07) is 152. The van der Waals surface area contributed by atoms with Crippen LogP contribution < -0.4 is 0 Å². The molecule has 0 atom stereocenters. The molecule has 0 saturated carbocycles. The van der Waals surface area contributed by atoms with Crippen LogP contribution in [-0.2, 0) is 0 Å². The van der Waals surface area contributed by atoms with E-state index in [4.69, 9.17) is 43.2 Å². The standard InChI is InChI=1S/C44H25N3OS.2C42H23N3OS/c1-2-12-26(13-3-1)27-22-24-28(25-23-27)40-38-32-17-7-10-20-35(32)48-43(38)46-44(45-40)47-34-19-9-6-16-31(34)37-29-14-4-5-15-30(29)42-39(41(37)47)33-18-8-11-21-36(33)49-42;1-2-14-25-24(12-1)13-11-20-27(25)38-36-30-18-6-9-22-33(30)46-41(36)44-42(43-38)45-32-21-8-5-17-29(32)35-26-15-3-4-16-28(26)40-37(39(35)45)31-19-7-10-23-34(31)47-40;1-2-12-25-23-26(22-21-24(25)11-1)38-36-30-16-6-9-19-33(30)46-41(36)44-42(43-38)45-32-18-8-5-15-29(32)35-27-13-3-4-14-28(27)40-37(39(35)45)31-17-7-10-20-34(31)47-40/h1-25H;2*1-23H. The number of rotatable bonds is 7. The summed E-state index contributed by atoms with van der Waals surface area (Å²) in [7, 11) is 0. The third-order valence-corrected chi connectivity index (χ3v) is 32.7. The predicted octanol–water partition coefficient (Wildman–Crippen LogP) is 36.0. The molecule has 143 heavy (non-hydrogen) atoms. The first kappa shape index (κ1) is 79.7. The molecular formula is C128H71N9O3S3. The third kappa shape index (κ3) is 11.9. The van der Waals surface area contributed by atoms with Crippen LogP contribution in [0.2, 0.25) is 0 Å². The maximum absolute atomic E-state index is 6.54. The molecule has 33 aromatic rings. The minimum absolute atomic E-state index is 0.575. The fourth-order valence-electron chi connectivity index (χ4n) is 22.9. The van der Waals surface area contributed by atoms with E-state index in [1.165, 1.54) is 147 Å². The van der Waals surface area contributed by atoms with Gasteiger partial charge in [0, 0.05) is 142 Å². The number of thiophene rings is 3. The average molecular weight is 1880 g/mol. The molecule has 12 nitrogen and oxygen atoms in total. The number of hydrogen-bond acceptors (Lipinski definition) is 12. The van der Waals surface area contributed by atoms with Gasteiger partial charge in [0.2, 0.25) is 35.0 Å². The molecule has 15 heteroatoms. The lowest BCUT2D eigenvalue weighted by molar-refractivity contribution is 0.651. The maximum atomic E-state index is 6.54. The van der Waals surface area contributed by atoms with Crippen LogP contribution in [0.4, 0.5) is 0 Å². The summed E-state index contributed by atoms with van der Waals surface area (Å²) in [5.74, 6) is 1.78. The van der Waals surface area contributed by atoms with Gasteiger partial charge in [0.25, 0.3) is 0 Å². The molecule has 33 rings (SSSR count). The zero-order valence-electron chi connectivity index (χ0n) is 76.0. The molecule has 0 radical (unpaired) electrons. The molecule has 0 aliphatic carbocycles. The van der Waals surface area contributed by atoms with Gasteiger partial charge in [0.15, 0.2) is 0 Å². The van der Waals surface area contributed by atoms with E-state index >= 15 is 0 Å². The van der Waals surface area contributed by atoms with Gasteiger partial charge in [-0.15, -0.1) is 34.0 Å². The van der Waals surface area contributed by atoms with E-state index < -0.39 is 0 Å². The molecule has 0 N–H and O–H groups in total. The Morgan fingerprint density at radius 2 is 0.483 bits per heavy atom. The molecule has 0 fully saturated rings. The Labute approximate surface area is 824 Å². The number of furan rings is 3. The Hall–Kier alpha value is -18.4. The van der Waals surface area contributed by atoms with Gasteiger partial charge in [-0.3, -0.25) is 13.7 Å². The van der Waals surface area contributed by atoms with Gasteiger partial charge in [-0.05, 0) is 109 Å². The van der Waals surface area contributed by atoms with Crippen molar-refractivity contribution in [1.29, 1.82) is 0 Å². The second kappa shape index (κ2) is 31.1. The van der Waals surface area contributed by atoms with Crippen molar-refractivity contribution in [2.75, 3.05) is 0 Å². The molecule has 0 saturated heterocycles. The van der Waals surface area contributed by atoms with Gasteiger partial charge >= 0.3 is 0 Å². The Bertz CT molecular complexity index is 11300. The largest absolute Gasteiger partial charge is 0.437 e. The van der Waals surface area contributed by atoms with Crippen molar-refractivity contribution in [1.82, 2.24) is 43.6 Å². The van der Waals surface area contributed by atoms with Gasteiger partial charge in [-0.1, -0.05) is 370 Å². The zero-order chi connectivity index (χ0) is 93.3. The van der Waals surface area contributed by atoms with E-state index in [-0.39, 0.29) is 0 Å². The van der Waals surface area contributed by atoms with E-state index in [0.717, 1.165) is 127 Å². The van der Waals surface area contributed by atoms with Gasteiger partial charge in [0.05, 0.1) is 66.3 Å². The fourth-order valence-corrected chi connectivity index (χ4v) is 26.7. The highest BCUT2D eigenvalue weighted by Crippen LogP contribution is 2.54. The van der Waals surface area contributed by atoms with Crippen LogP contribution in [0.1, 0.15) is 0 Å². The maximum Gasteiger partial charge on any atom is 0.238 e. The highest BCUT2D eigenvalue weighted by Gasteiger charge is 2.32. The highest BCUT2D eigenvalue weighted by atomic mass is 32.1. The smallest absolute Gasteiger partial charge is 0.238 e. The summed E-state index contributed by atoms with van der Waals surface area (Å²) >= 11 is 5.56. The average Bonchev–Trinajstić information content (AvgIpc) is 1.54. The molecule has 0 unspecified atom stereocenters. The third-order valence-electron chi connectivity index (χ3n) is 29.1. The number of aromatic nitrogens is 9. The van der Waals surface area contributed by atoms with Crippen LogP contribution in [0, 0.1) is 0 Å². The van der Waals surface area contributed by atoms with Crippen molar-refractivity contribution in [2.45, 2.75) is 0 Å². The monoisotopic (exact) mass is 1880 g/mol. The van der Waals surface area contributed by atoms with Gasteiger partial charge in [0.1, 0.15) is 16.7 Å². The van der Waals surface area contributed by atoms with Crippen molar-refractivity contribution < 1.29 is 13.3 Å². The van der Waals surface area contributed by atoms with Gasteiger partial charge in [-0.2, -0.15) is 15.0 Å². The molecule has 0 amide bonds. The number of fused-ring (bicyclic) bond motifs is 41. The lowest BCUT2D eigenvalue weighted by Gasteiger charge is -2.12. The molecular weight excluding hydrogens is 1810 g/mol. The van der Waals surface area contributed by atoms with Crippen LogP contribution in [0.25, 0.3) is 309 Å². The van der Waals surface area contributed by atoms with E-state index in [1.807, 2.05) is 88.6 Å². The summed E-state index contributed by atoms with van der Waals surface area (Å²) in [5, 5.41) is 32.6. The van der Waals surface area contributed by atoms with E-state index in [0.29, 0.717) is 35.0 Å². The lowest BCUT2D eigenvalue weighted by atomic mass is 9.99. The second-order valence-electron chi connectivity index (χ2n) is 36.8. The van der Waals surface area contributed by atoms with E-state index in [1.54, 1.807) is 0 Å². The number of hydrogen-bond donors (Lipinski definition) is 0. The topological polar surface area (TPSA) is 132 Å². The molecule has 12 aromatic heterocycles. The first-order valence-electron chi connectivity index (χ1n) is 47.9. The summed E-state index contributed by atoms with van der Waals surface area (Å²) in [5.41, 5.74) is 18.7. The molecule has 21 aromatic carbocycles. The van der Waals surface area contributed by atoms with Crippen molar-refractivity contribution in [3.05, 3.63) is 431 Å². The summed E-state index contributed by atoms with van der Waals surface area (Å²) in [4.78, 5) is 32.3. The Morgan fingerprint density at radius 3 is 0.916 bits per heavy atom. The SMILES string of the molecule is c1ccc(-c2ccc(-c3nc(-n4c5ccccc5c5c6ccccc6c6sc7ccccc7c6c54)nc4oc5ccccc5c34)cc2)cc1.c1ccc2c(-c3nc(-n4c5ccccc5c5c6ccccc6c6sc7ccccc7c6c54)nc4oc5ccccc5c34)cccc2c1.c1ccc2cc(-c3nc(-n4c5ccccc5c5c6ccccc6c6sc7ccccc7c6c54)nc4oc5ccccc5c34)ccc2c1. The highest BCUT2D eigenvalue weighted by molar-refractivity contribution is 7.28. The number of nitrogens with zero attached hydrogens (tertiary/aromatic N) is 9. The summed E-state index contributed by atoms with van der Waals surface area (Å²) in [6.45, 7) is 0. The van der Waals surface area contributed by atoms with Crippen molar-refractivity contribution in [3.63, 3.8) is 0 Å². The van der Waals surface area contributed by atoms with E-state index in [9.17, 15) is 0 Å². The summed E-state index contributed by atoms with van der Waals surface area (Å²) < 4.78 is 34.0. The Morgan fingerprint density at radius 1 is 0.182 bits per heavy atom. The fraction of sp³-hybridized carbons (Fsp3) is 0. The van der Waals surface area contributed by atoms with Gasteiger partial charge < -0.3 is 13.3 Å². The number of para-hydroxylation sites is 6. The molecule has 0 aliphatic rings. The predicted molar refractivity (Wildman–Crippen MR) is 599 cm³/mol. The quantitative estimate of drug-likeness (QED) is 0.153. The first-order chi connectivity index (χ1) is 71.0. The minimum atomic E-state index is 0.575. The molecule has 664 valence electrons. The van der Waals surface area contributed by atoms with Crippen LogP contribution in [0.5, 0.6) is 0 Å². The molecule has 0 bridgehead atoms. The molecule has 0 aliphatic heterocycles. The Balaban J connectivity index is 0.0000000981. The van der Waals surface area contributed by atoms with Crippen LogP contribution >= 0.6 is 34.0 Å². The van der Waals surface area contributed by atoms with Crippen molar-refractivity contribution in [3.8, 4) is 62.7 Å². The Kier molecular flexibility index (Phi) is 17.3. The second-order valence-corrected chi connectivity index (χ2v) is 39.9. The van der Waals surface area contributed by atoms with Crippen molar-refractivity contribution in [2.24, 2.45) is 0 Å². The van der Waals surface area contributed by atoms with Crippen LogP contribution in [-0.4, -0.2) is 43.6 Å². The van der Waals surface area contributed by atoms with Crippen molar-refractivity contribution >= 4 is 280 Å². The molecule has 12 heterocycles. The number of benzene rings is 21. The normalized spacial score (nSPS) is 12.2. The first-order valence-corrected chi connectivity index (χ1v) is 50.4. The van der Waals surface area contributed by atoms with E-state index in [2.05, 4.69) is 390 Å². The lowest BCUT2D eigenvalue weighted by Crippen LogP contribution is -2.03.